The van der Waals surface area contributed by atoms with E-state index in [2.05, 4.69) is 14.9 Å². The number of carbonyl (C=O) groups is 1. The zero-order valence-electron chi connectivity index (χ0n) is 12.2. The average Bonchev–Trinajstić information content (AvgIpc) is 3.15. The topological polar surface area (TPSA) is 95.2 Å². The minimum atomic E-state index is -3.28. The number of H-pyrrole nitrogens is 1. The van der Waals surface area contributed by atoms with Crippen LogP contribution < -0.4 is 4.72 Å². The molecule has 7 nitrogen and oxygen atoms in total. The Kier molecular flexibility index (Phi) is 4.45. The van der Waals surface area contributed by atoms with Crippen LogP contribution in [0.5, 0.6) is 0 Å². The highest BCUT2D eigenvalue weighted by molar-refractivity contribution is 7.88. The number of amides is 1. The molecule has 1 aliphatic heterocycles. The quantitative estimate of drug-likeness (QED) is 0.848. The molecule has 0 saturated carbocycles. The molecule has 1 unspecified atom stereocenters. The highest BCUT2D eigenvalue weighted by Crippen LogP contribution is 2.32. The van der Waals surface area contributed by atoms with Crippen LogP contribution in [0, 0.1) is 0 Å². The van der Waals surface area contributed by atoms with E-state index >= 15 is 0 Å². The Morgan fingerprint density at radius 1 is 1.52 bits per heavy atom. The van der Waals surface area contributed by atoms with E-state index in [9.17, 15) is 13.2 Å². The molecule has 0 aromatic carbocycles. The Labute approximate surface area is 142 Å². The Morgan fingerprint density at radius 3 is 2.96 bits per heavy atom. The number of hydrogen-bond donors (Lipinski definition) is 2. The van der Waals surface area contributed by atoms with E-state index in [1.165, 1.54) is 17.5 Å². The average molecular weight is 375 g/mol. The van der Waals surface area contributed by atoms with Crippen molar-refractivity contribution in [3.05, 3.63) is 28.2 Å². The molecule has 1 amide bonds. The van der Waals surface area contributed by atoms with E-state index in [0.29, 0.717) is 35.1 Å². The van der Waals surface area contributed by atoms with Gasteiger partial charge in [-0.2, -0.15) is 5.10 Å². The number of aromatic amines is 1. The maximum absolute atomic E-state index is 12.7. The number of hydrogen-bond acceptors (Lipinski definition) is 5. The Balaban J connectivity index is 1.76. The van der Waals surface area contributed by atoms with Crippen LogP contribution in [0.15, 0.2) is 18.3 Å². The molecular formula is C13H15ClN4O3S2. The van der Waals surface area contributed by atoms with Crippen molar-refractivity contribution in [2.24, 2.45) is 0 Å². The lowest BCUT2D eigenvalue weighted by Crippen LogP contribution is -2.37. The van der Waals surface area contributed by atoms with E-state index < -0.39 is 10.0 Å². The fraction of sp³-hybridized carbons (Fsp3) is 0.385. The van der Waals surface area contributed by atoms with Gasteiger partial charge >= 0.3 is 0 Å². The monoisotopic (exact) mass is 374 g/mol. The predicted molar refractivity (Wildman–Crippen MR) is 89.2 cm³/mol. The summed E-state index contributed by atoms with van der Waals surface area (Å²) in [7, 11) is -3.28. The third kappa shape index (κ3) is 3.74. The summed E-state index contributed by atoms with van der Waals surface area (Å²) in [5.74, 6) is -0.170. The van der Waals surface area contributed by atoms with Crippen LogP contribution in [0.4, 0.5) is 0 Å². The fourth-order valence-corrected chi connectivity index (χ4v) is 4.45. The van der Waals surface area contributed by atoms with Crippen LogP contribution in [0.25, 0.3) is 10.6 Å². The van der Waals surface area contributed by atoms with Gasteiger partial charge in [-0.25, -0.2) is 13.1 Å². The van der Waals surface area contributed by atoms with Crippen molar-refractivity contribution in [2.75, 3.05) is 19.3 Å². The van der Waals surface area contributed by atoms with E-state index in [1.807, 2.05) is 6.07 Å². The van der Waals surface area contributed by atoms with Crippen molar-refractivity contribution in [3.63, 3.8) is 0 Å². The number of carbonyl (C=O) groups excluding carboxylic acids is 1. The number of likely N-dealkylation sites (tertiary alicyclic amines) is 1. The molecule has 1 aliphatic rings. The number of halogens is 1. The van der Waals surface area contributed by atoms with Gasteiger partial charge in [0.25, 0.3) is 5.91 Å². The second-order valence-electron chi connectivity index (χ2n) is 5.39. The second kappa shape index (κ2) is 6.23. The summed E-state index contributed by atoms with van der Waals surface area (Å²) < 4.78 is 25.8. The number of nitrogens with one attached hydrogen (secondary N) is 2. The molecule has 1 atom stereocenters. The number of rotatable bonds is 4. The summed E-state index contributed by atoms with van der Waals surface area (Å²) in [5.41, 5.74) is 1.09. The molecule has 0 bridgehead atoms. The fourth-order valence-electron chi connectivity index (χ4n) is 2.60. The van der Waals surface area contributed by atoms with Gasteiger partial charge in [-0.3, -0.25) is 9.89 Å². The molecular weight excluding hydrogens is 360 g/mol. The van der Waals surface area contributed by atoms with E-state index in [1.54, 1.807) is 11.0 Å². The van der Waals surface area contributed by atoms with E-state index in [0.717, 1.165) is 11.1 Å². The molecule has 124 valence electrons. The normalized spacial score (nSPS) is 18.5. The summed E-state index contributed by atoms with van der Waals surface area (Å²) in [6.45, 7) is 0.851. The predicted octanol–water partition coefficient (Wildman–Crippen LogP) is 1.56. The van der Waals surface area contributed by atoms with Gasteiger partial charge in [0.05, 0.1) is 32.9 Å². The zero-order valence-corrected chi connectivity index (χ0v) is 14.6. The van der Waals surface area contributed by atoms with Crippen molar-refractivity contribution in [1.82, 2.24) is 19.8 Å². The molecule has 1 fully saturated rings. The molecule has 2 N–H and O–H groups in total. The van der Waals surface area contributed by atoms with Crippen LogP contribution in [0.1, 0.15) is 16.8 Å². The maximum atomic E-state index is 12.7. The molecule has 0 radical (unpaired) electrons. The van der Waals surface area contributed by atoms with Crippen LogP contribution in [0.3, 0.4) is 0 Å². The smallest absolute Gasteiger partial charge is 0.257 e. The van der Waals surface area contributed by atoms with Gasteiger partial charge in [0.15, 0.2) is 0 Å². The highest BCUT2D eigenvalue weighted by atomic mass is 35.5. The first kappa shape index (κ1) is 16.4. The maximum Gasteiger partial charge on any atom is 0.257 e. The minimum Gasteiger partial charge on any atom is -0.337 e. The molecule has 0 spiro atoms. The van der Waals surface area contributed by atoms with Gasteiger partial charge in [0.2, 0.25) is 10.0 Å². The summed E-state index contributed by atoms with van der Waals surface area (Å²) in [6.07, 6.45) is 3.20. The minimum absolute atomic E-state index is 0.170. The van der Waals surface area contributed by atoms with Crippen LogP contribution in [-0.4, -0.2) is 54.8 Å². The first-order valence-electron chi connectivity index (χ1n) is 6.89. The Morgan fingerprint density at radius 2 is 2.30 bits per heavy atom. The second-order valence-corrected chi connectivity index (χ2v) is 8.88. The summed E-state index contributed by atoms with van der Waals surface area (Å²) in [4.78, 5) is 15.1. The number of nitrogens with zero attached hydrogens (tertiary/aromatic N) is 2. The van der Waals surface area contributed by atoms with Gasteiger partial charge in [-0.05, 0) is 18.6 Å². The SMILES string of the molecule is CS(=O)(=O)NC1CCN(C(=O)c2cn[nH]c2-c2ccc(Cl)s2)C1. The van der Waals surface area contributed by atoms with Crippen molar-refractivity contribution in [1.29, 1.82) is 0 Å². The van der Waals surface area contributed by atoms with Crippen LogP contribution in [0.2, 0.25) is 4.34 Å². The van der Waals surface area contributed by atoms with E-state index in [4.69, 9.17) is 11.6 Å². The number of thiophene rings is 1. The molecule has 2 aromatic heterocycles. The lowest BCUT2D eigenvalue weighted by Gasteiger charge is -2.16. The molecule has 2 aromatic rings. The molecule has 23 heavy (non-hydrogen) atoms. The third-order valence-corrected chi connectivity index (χ3v) is 5.56. The zero-order chi connectivity index (χ0) is 16.6. The van der Waals surface area contributed by atoms with Crippen molar-refractivity contribution in [2.45, 2.75) is 12.5 Å². The lowest BCUT2D eigenvalue weighted by molar-refractivity contribution is 0.0791. The number of aromatic nitrogens is 2. The van der Waals surface area contributed by atoms with Gasteiger partial charge < -0.3 is 4.90 Å². The lowest BCUT2D eigenvalue weighted by atomic mass is 10.2. The highest BCUT2D eigenvalue weighted by Gasteiger charge is 2.30. The van der Waals surface area contributed by atoms with Crippen molar-refractivity contribution >= 4 is 38.9 Å². The van der Waals surface area contributed by atoms with Crippen molar-refractivity contribution in [3.8, 4) is 10.6 Å². The molecule has 3 rings (SSSR count). The standard InChI is InChI=1S/C13H15ClN4O3S2/c1-23(20,21)17-8-4-5-18(7-8)13(19)9-6-15-16-12(9)10-2-3-11(14)22-10/h2-3,6,8,17H,4-5,7H2,1H3,(H,15,16). The van der Waals surface area contributed by atoms with Gasteiger partial charge in [-0.1, -0.05) is 11.6 Å². The van der Waals surface area contributed by atoms with Crippen molar-refractivity contribution < 1.29 is 13.2 Å². The third-order valence-electron chi connectivity index (χ3n) is 3.55. The summed E-state index contributed by atoms with van der Waals surface area (Å²) >= 11 is 7.30. The Hall–Kier alpha value is -1.42. The van der Waals surface area contributed by atoms with Crippen LogP contribution in [-0.2, 0) is 10.0 Å². The van der Waals surface area contributed by atoms with Gasteiger partial charge in [0, 0.05) is 19.1 Å². The van der Waals surface area contributed by atoms with Crippen LogP contribution >= 0.6 is 22.9 Å². The summed E-state index contributed by atoms with van der Waals surface area (Å²) in [5, 5.41) is 6.79. The summed E-state index contributed by atoms with van der Waals surface area (Å²) in [6, 6.07) is 3.34. The molecule has 1 saturated heterocycles. The largest absolute Gasteiger partial charge is 0.337 e. The molecule has 3 heterocycles. The Bertz CT molecular complexity index is 830. The number of sulfonamides is 1. The molecule has 10 heteroatoms. The molecule has 0 aliphatic carbocycles. The first-order valence-corrected chi connectivity index (χ1v) is 9.98. The first-order chi connectivity index (χ1) is 10.8. The van der Waals surface area contributed by atoms with Gasteiger partial charge in [0.1, 0.15) is 0 Å². The van der Waals surface area contributed by atoms with Gasteiger partial charge in [-0.15, -0.1) is 11.3 Å². The van der Waals surface area contributed by atoms with E-state index in [-0.39, 0.29) is 11.9 Å².